The Labute approximate surface area is 324 Å². The summed E-state index contributed by atoms with van der Waals surface area (Å²) in [6.07, 6.45) is 0. The molecule has 0 fully saturated rings. The average molecular weight is 709 g/mol. The van der Waals surface area contributed by atoms with E-state index >= 15 is 0 Å². The topological polar surface area (TPSA) is 9.23 Å². The van der Waals surface area contributed by atoms with Crippen LogP contribution in [0.25, 0.3) is 88.0 Å². The molecule has 10 aromatic rings. The lowest BCUT2D eigenvalue weighted by molar-refractivity contribution is 0.487. The van der Waals surface area contributed by atoms with Gasteiger partial charge in [-0.05, 0) is 124 Å². The molecule has 1 atom stereocenters. The molecule has 0 amide bonds. The molecule has 13 rings (SSSR count). The third kappa shape index (κ3) is 3.79. The van der Waals surface area contributed by atoms with E-state index in [9.17, 15) is 0 Å². The molecule has 0 N–H and O–H groups in total. The fourth-order valence-corrected chi connectivity index (χ4v) is 10.6. The van der Waals surface area contributed by atoms with Crippen molar-refractivity contribution in [1.82, 2.24) is 0 Å². The summed E-state index contributed by atoms with van der Waals surface area (Å²) in [6.45, 7) is 0. The van der Waals surface area contributed by atoms with Gasteiger partial charge in [-0.2, -0.15) is 0 Å². The van der Waals surface area contributed by atoms with Crippen LogP contribution in [-0.4, -0.2) is 0 Å². The van der Waals surface area contributed by atoms with Crippen molar-refractivity contribution in [3.05, 3.63) is 216 Å². The molecule has 56 heavy (non-hydrogen) atoms. The van der Waals surface area contributed by atoms with Crippen LogP contribution in [0, 0.1) is 0 Å². The first-order chi connectivity index (χ1) is 27.8. The number of hydrogen-bond donors (Lipinski definition) is 0. The molecular formula is C55H32O. The van der Waals surface area contributed by atoms with Gasteiger partial charge in [-0.15, -0.1) is 0 Å². The summed E-state index contributed by atoms with van der Waals surface area (Å²) < 4.78 is 6.61. The molecule has 1 unspecified atom stereocenters. The van der Waals surface area contributed by atoms with E-state index in [2.05, 4.69) is 194 Å². The maximum absolute atomic E-state index is 6.61. The van der Waals surface area contributed by atoms with Gasteiger partial charge in [0.25, 0.3) is 0 Å². The molecule has 1 spiro atoms. The molecule has 1 heteroatoms. The van der Waals surface area contributed by atoms with Crippen molar-refractivity contribution >= 4 is 32.3 Å². The van der Waals surface area contributed by atoms with Crippen LogP contribution in [0.1, 0.15) is 22.3 Å². The second-order valence-corrected chi connectivity index (χ2v) is 15.5. The Balaban J connectivity index is 1.01. The van der Waals surface area contributed by atoms with Gasteiger partial charge in [0.15, 0.2) is 0 Å². The van der Waals surface area contributed by atoms with Crippen LogP contribution in [0.4, 0.5) is 0 Å². The van der Waals surface area contributed by atoms with E-state index < -0.39 is 5.41 Å². The van der Waals surface area contributed by atoms with E-state index in [1.54, 1.807) is 0 Å². The third-order valence-electron chi connectivity index (χ3n) is 12.9. The van der Waals surface area contributed by atoms with Gasteiger partial charge >= 0.3 is 0 Å². The van der Waals surface area contributed by atoms with Crippen molar-refractivity contribution in [2.45, 2.75) is 5.41 Å². The van der Waals surface area contributed by atoms with Crippen molar-refractivity contribution < 1.29 is 4.74 Å². The van der Waals surface area contributed by atoms with Crippen molar-refractivity contribution in [3.63, 3.8) is 0 Å². The monoisotopic (exact) mass is 708 g/mol. The van der Waals surface area contributed by atoms with Crippen LogP contribution < -0.4 is 4.74 Å². The summed E-state index contributed by atoms with van der Waals surface area (Å²) in [5.41, 5.74) is 17.5. The van der Waals surface area contributed by atoms with E-state index in [1.165, 1.54) is 99.1 Å². The maximum Gasteiger partial charge on any atom is 0.135 e. The fourth-order valence-electron chi connectivity index (χ4n) is 10.6. The SMILES string of the molecule is c1ccc2c(c1)-c1ccc(-c3ccc(-c4ccc5c(c4)Oc4cccc6cccc-5c46)c4ccccc34)cc1C21c2ccccc2-c2c1ccc1ccccc21. The van der Waals surface area contributed by atoms with Crippen molar-refractivity contribution in [2.75, 3.05) is 0 Å². The van der Waals surface area contributed by atoms with Gasteiger partial charge in [-0.25, -0.2) is 0 Å². The Morgan fingerprint density at radius 3 is 1.68 bits per heavy atom. The average Bonchev–Trinajstić information content (AvgIpc) is 3.73. The smallest absolute Gasteiger partial charge is 0.135 e. The van der Waals surface area contributed by atoms with E-state index in [-0.39, 0.29) is 0 Å². The minimum absolute atomic E-state index is 0.417. The molecule has 0 aromatic heterocycles. The summed E-state index contributed by atoms with van der Waals surface area (Å²) in [6, 6.07) is 72.0. The predicted octanol–water partition coefficient (Wildman–Crippen LogP) is 14.6. The van der Waals surface area contributed by atoms with Crippen molar-refractivity contribution in [2.24, 2.45) is 0 Å². The molecule has 258 valence electrons. The summed E-state index contributed by atoms with van der Waals surface area (Å²) in [4.78, 5) is 0. The number of benzene rings is 10. The lowest BCUT2D eigenvalue weighted by Gasteiger charge is -2.31. The molecule has 2 aliphatic carbocycles. The van der Waals surface area contributed by atoms with Crippen LogP contribution in [0.2, 0.25) is 0 Å². The van der Waals surface area contributed by atoms with Gasteiger partial charge in [0, 0.05) is 10.9 Å². The van der Waals surface area contributed by atoms with Gasteiger partial charge in [-0.3, -0.25) is 0 Å². The van der Waals surface area contributed by atoms with Crippen LogP contribution >= 0.6 is 0 Å². The van der Waals surface area contributed by atoms with Crippen molar-refractivity contribution in [3.8, 4) is 67.1 Å². The Kier molecular flexibility index (Phi) is 5.89. The number of hydrogen-bond acceptors (Lipinski definition) is 1. The first-order valence-electron chi connectivity index (χ1n) is 19.5. The summed E-state index contributed by atoms with van der Waals surface area (Å²) in [7, 11) is 0. The highest BCUT2D eigenvalue weighted by Gasteiger charge is 2.52. The molecular weight excluding hydrogens is 677 g/mol. The van der Waals surface area contributed by atoms with Gasteiger partial charge < -0.3 is 4.74 Å². The predicted molar refractivity (Wildman–Crippen MR) is 232 cm³/mol. The zero-order valence-corrected chi connectivity index (χ0v) is 30.4. The normalized spacial score (nSPS) is 15.4. The van der Waals surface area contributed by atoms with E-state index in [4.69, 9.17) is 4.74 Å². The van der Waals surface area contributed by atoms with Gasteiger partial charge in [0.1, 0.15) is 11.5 Å². The van der Waals surface area contributed by atoms with Gasteiger partial charge in [0.2, 0.25) is 0 Å². The van der Waals surface area contributed by atoms with Crippen LogP contribution in [0.15, 0.2) is 194 Å². The second kappa shape index (κ2) is 10.9. The molecule has 10 aromatic carbocycles. The Morgan fingerprint density at radius 2 is 0.875 bits per heavy atom. The zero-order chi connectivity index (χ0) is 36.5. The Hall–Kier alpha value is -7.22. The zero-order valence-electron chi connectivity index (χ0n) is 30.4. The molecule has 1 nitrogen and oxygen atoms in total. The molecule has 1 aliphatic heterocycles. The number of fused-ring (bicyclic) bond motifs is 15. The number of rotatable bonds is 2. The van der Waals surface area contributed by atoms with Crippen LogP contribution in [0.3, 0.4) is 0 Å². The summed E-state index contributed by atoms with van der Waals surface area (Å²) in [5.74, 6) is 1.82. The Morgan fingerprint density at radius 1 is 0.304 bits per heavy atom. The minimum atomic E-state index is -0.417. The van der Waals surface area contributed by atoms with E-state index in [0.717, 1.165) is 22.6 Å². The van der Waals surface area contributed by atoms with Gasteiger partial charge in [-0.1, -0.05) is 170 Å². The highest BCUT2D eigenvalue weighted by Crippen LogP contribution is 2.64. The first kappa shape index (κ1) is 30.1. The molecule has 1 heterocycles. The highest BCUT2D eigenvalue weighted by atomic mass is 16.5. The summed E-state index contributed by atoms with van der Waals surface area (Å²) in [5, 5.41) is 7.44. The van der Waals surface area contributed by atoms with Gasteiger partial charge in [0.05, 0.1) is 5.41 Å². The molecule has 0 bridgehead atoms. The lowest BCUT2D eigenvalue weighted by Crippen LogP contribution is -2.25. The highest BCUT2D eigenvalue weighted by molar-refractivity contribution is 6.09. The van der Waals surface area contributed by atoms with E-state index in [1.807, 2.05) is 0 Å². The lowest BCUT2D eigenvalue weighted by atomic mass is 9.70. The second-order valence-electron chi connectivity index (χ2n) is 15.5. The summed E-state index contributed by atoms with van der Waals surface area (Å²) >= 11 is 0. The Bertz CT molecular complexity index is 3340. The molecule has 0 saturated heterocycles. The maximum atomic E-state index is 6.61. The van der Waals surface area contributed by atoms with Crippen molar-refractivity contribution in [1.29, 1.82) is 0 Å². The largest absolute Gasteiger partial charge is 0.456 e. The van der Waals surface area contributed by atoms with E-state index in [0.29, 0.717) is 0 Å². The van der Waals surface area contributed by atoms with Crippen LogP contribution in [-0.2, 0) is 5.41 Å². The fraction of sp³-hybridized carbons (Fsp3) is 0.0182. The quantitative estimate of drug-likeness (QED) is 0.174. The number of ether oxygens (including phenoxy) is 1. The molecule has 3 aliphatic rings. The first-order valence-corrected chi connectivity index (χ1v) is 19.5. The van der Waals surface area contributed by atoms with Crippen LogP contribution in [0.5, 0.6) is 11.5 Å². The standard InChI is InChI=1S/C55H32O/c1-2-14-39-33(11-1)25-30-49-54(39)46-18-6-8-21-48(46)55(49)47-20-7-5-17-42(47)43-26-23-35(31-50(43)55)37-28-29-38(41-16-4-3-15-40(37)41)36-24-27-44-45-19-9-12-34-13-10-22-51(53(34)45)56-52(44)32-36/h1-32H. The minimum Gasteiger partial charge on any atom is -0.456 e. The molecule has 0 radical (unpaired) electrons. The third-order valence-corrected chi connectivity index (χ3v) is 12.9. The molecule has 0 saturated carbocycles.